The Balaban J connectivity index is 2.70. The molecule has 0 radical (unpaired) electrons. The van der Waals surface area contributed by atoms with E-state index in [1.165, 1.54) is 6.08 Å². The molecule has 0 aromatic heterocycles. The number of aliphatic carboxylic acids is 1. The van der Waals surface area contributed by atoms with Gasteiger partial charge in [0.15, 0.2) is 0 Å². The number of hydrogen-bond acceptors (Lipinski definition) is 3. The van der Waals surface area contributed by atoms with Crippen LogP contribution in [-0.2, 0) is 9.59 Å². The fourth-order valence-corrected chi connectivity index (χ4v) is 1.46. The van der Waals surface area contributed by atoms with Crippen LogP contribution in [0.15, 0.2) is 43.0 Å². The monoisotopic (exact) mass is 248 g/mol. The third kappa shape index (κ3) is 3.71. The second-order valence-electron chi connectivity index (χ2n) is 3.81. The molecule has 4 N–H and O–H groups in total. The van der Waals surface area contributed by atoms with E-state index in [2.05, 4.69) is 11.9 Å². The lowest BCUT2D eigenvalue weighted by atomic mass is 10.1. The Morgan fingerprint density at radius 1 is 1.39 bits per heavy atom. The van der Waals surface area contributed by atoms with E-state index in [0.717, 1.165) is 0 Å². The Kier molecular flexibility index (Phi) is 5.07. The van der Waals surface area contributed by atoms with Crippen LogP contribution in [-0.4, -0.2) is 23.0 Å². The van der Waals surface area contributed by atoms with Crippen molar-refractivity contribution in [1.82, 2.24) is 5.32 Å². The number of benzene rings is 1. The maximum Gasteiger partial charge on any atom is 0.326 e. The third-order valence-corrected chi connectivity index (χ3v) is 2.46. The maximum atomic E-state index is 11.8. The fourth-order valence-electron chi connectivity index (χ4n) is 1.46. The van der Waals surface area contributed by atoms with E-state index in [9.17, 15) is 9.59 Å². The van der Waals surface area contributed by atoms with E-state index in [1.807, 2.05) is 6.07 Å². The quantitative estimate of drug-likeness (QED) is 0.650. The third-order valence-electron chi connectivity index (χ3n) is 2.46. The van der Waals surface area contributed by atoms with Gasteiger partial charge < -0.3 is 16.2 Å². The fraction of sp³-hybridized carbons (Fsp3) is 0.231. The number of amides is 1. The van der Waals surface area contributed by atoms with Crippen LogP contribution in [0.25, 0.3) is 0 Å². The lowest BCUT2D eigenvalue weighted by molar-refractivity contribution is -0.141. The summed E-state index contributed by atoms with van der Waals surface area (Å²) in [5.74, 6) is -1.63. The predicted molar refractivity (Wildman–Crippen MR) is 67.8 cm³/mol. The molecule has 0 bridgehead atoms. The first kappa shape index (κ1) is 13.9. The van der Waals surface area contributed by atoms with E-state index in [0.29, 0.717) is 5.56 Å². The Hall–Kier alpha value is -2.14. The topological polar surface area (TPSA) is 92.4 Å². The molecule has 0 aliphatic rings. The summed E-state index contributed by atoms with van der Waals surface area (Å²) in [6.07, 6.45) is 1.59. The molecule has 5 nitrogen and oxygen atoms in total. The Morgan fingerprint density at radius 3 is 2.50 bits per heavy atom. The second kappa shape index (κ2) is 6.56. The SMILES string of the molecule is C=CCC(NC(=O)[C@H](N)c1ccccc1)C(=O)O. The molecule has 0 fully saturated rings. The molecule has 18 heavy (non-hydrogen) atoms. The van der Waals surface area contributed by atoms with Crippen LogP contribution in [0.2, 0.25) is 0 Å². The van der Waals surface area contributed by atoms with Gasteiger partial charge in [0.2, 0.25) is 5.91 Å². The van der Waals surface area contributed by atoms with Gasteiger partial charge in [-0.15, -0.1) is 6.58 Å². The molecule has 0 saturated heterocycles. The molecule has 0 aliphatic heterocycles. The average Bonchev–Trinajstić information content (AvgIpc) is 2.38. The Labute approximate surface area is 105 Å². The zero-order valence-electron chi connectivity index (χ0n) is 9.87. The van der Waals surface area contributed by atoms with Gasteiger partial charge in [-0.05, 0) is 12.0 Å². The molecule has 0 aliphatic carbocycles. The van der Waals surface area contributed by atoms with Crippen molar-refractivity contribution in [2.75, 3.05) is 0 Å². The van der Waals surface area contributed by atoms with E-state index in [1.54, 1.807) is 24.3 Å². The van der Waals surface area contributed by atoms with Gasteiger partial charge in [-0.1, -0.05) is 36.4 Å². The zero-order chi connectivity index (χ0) is 13.5. The van der Waals surface area contributed by atoms with Gasteiger partial charge in [-0.25, -0.2) is 4.79 Å². The molecule has 5 heteroatoms. The number of rotatable bonds is 6. The molecule has 0 heterocycles. The molecule has 1 aromatic carbocycles. The number of nitrogens with one attached hydrogen (secondary N) is 1. The summed E-state index contributed by atoms with van der Waals surface area (Å²) in [5, 5.41) is 11.3. The van der Waals surface area contributed by atoms with Gasteiger partial charge >= 0.3 is 5.97 Å². The average molecular weight is 248 g/mol. The molecule has 0 saturated carbocycles. The van der Waals surface area contributed by atoms with Crippen LogP contribution >= 0.6 is 0 Å². The van der Waals surface area contributed by atoms with Crippen LogP contribution in [0.3, 0.4) is 0 Å². The largest absolute Gasteiger partial charge is 0.480 e. The molecule has 96 valence electrons. The van der Waals surface area contributed by atoms with Crippen molar-refractivity contribution >= 4 is 11.9 Å². The van der Waals surface area contributed by atoms with Gasteiger partial charge in [0.05, 0.1) is 0 Å². The molecule has 1 aromatic rings. The molecule has 1 unspecified atom stereocenters. The number of carbonyl (C=O) groups excluding carboxylic acids is 1. The van der Waals surface area contributed by atoms with Crippen molar-refractivity contribution in [2.45, 2.75) is 18.5 Å². The number of nitrogens with two attached hydrogens (primary N) is 1. The highest BCUT2D eigenvalue weighted by Gasteiger charge is 2.22. The summed E-state index contributed by atoms with van der Waals surface area (Å²) in [5.41, 5.74) is 6.39. The highest BCUT2D eigenvalue weighted by atomic mass is 16.4. The van der Waals surface area contributed by atoms with Crippen molar-refractivity contribution in [2.24, 2.45) is 5.73 Å². The number of carboxylic acids is 1. The first-order valence-corrected chi connectivity index (χ1v) is 5.51. The molecular formula is C13H16N2O3. The lowest BCUT2D eigenvalue weighted by Crippen LogP contribution is -2.44. The summed E-state index contributed by atoms with van der Waals surface area (Å²) >= 11 is 0. The van der Waals surface area contributed by atoms with Crippen LogP contribution in [0, 0.1) is 0 Å². The van der Waals surface area contributed by atoms with Crippen molar-refractivity contribution in [3.8, 4) is 0 Å². The van der Waals surface area contributed by atoms with Gasteiger partial charge in [0, 0.05) is 0 Å². The predicted octanol–water partition coefficient (Wildman–Crippen LogP) is 0.832. The summed E-state index contributed by atoms with van der Waals surface area (Å²) in [4.78, 5) is 22.7. The van der Waals surface area contributed by atoms with Gasteiger partial charge in [0.1, 0.15) is 12.1 Å². The van der Waals surface area contributed by atoms with E-state index < -0.39 is 24.0 Å². The van der Waals surface area contributed by atoms with Crippen molar-refractivity contribution in [3.63, 3.8) is 0 Å². The highest BCUT2D eigenvalue weighted by Crippen LogP contribution is 2.10. The van der Waals surface area contributed by atoms with Crippen molar-refractivity contribution in [3.05, 3.63) is 48.6 Å². The maximum absolute atomic E-state index is 11.8. The summed E-state index contributed by atoms with van der Waals surface area (Å²) in [7, 11) is 0. The molecule has 1 amide bonds. The first-order chi connectivity index (χ1) is 8.56. The van der Waals surface area contributed by atoms with Crippen LogP contribution in [0.4, 0.5) is 0 Å². The lowest BCUT2D eigenvalue weighted by Gasteiger charge is -2.16. The normalized spacial score (nSPS) is 13.4. The molecular weight excluding hydrogens is 232 g/mol. The number of carbonyl (C=O) groups is 2. The van der Waals surface area contributed by atoms with Crippen molar-refractivity contribution in [1.29, 1.82) is 0 Å². The summed E-state index contributed by atoms with van der Waals surface area (Å²) in [6.45, 7) is 3.45. The minimum absolute atomic E-state index is 0.155. The summed E-state index contributed by atoms with van der Waals surface area (Å²) < 4.78 is 0. The van der Waals surface area contributed by atoms with E-state index >= 15 is 0 Å². The Bertz CT molecular complexity index is 431. The van der Waals surface area contributed by atoms with E-state index in [-0.39, 0.29) is 6.42 Å². The second-order valence-corrected chi connectivity index (χ2v) is 3.81. The smallest absolute Gasteiger partial charge is 0.326 e. The molecule has 2 atom stereocenters. The standard InChI is InChI=1S/C13H16N2O3/c1-2-6-10(13(17)18)15-12(16)11(14)9-7-4-3-5-8-9/h2-5,7-8,10-11H,1,6,14H2,(H,15,16)(H,17,18)/t10?,11-/m1/s1. The van der Waals surface area contributed by atoms with Gasteiger partial charge in [-0.3, -0.25) is 4.79 Å². The summed E-state index contributed by atoms with van der Waals surface area (Å²) in [6, 6.07) is 6.90. The van der Waals surface area contributed by atoms with Gasteiger partial charge in [0.25, 0.3) is 0 Å². The highest BCUT2D eigenvalue weighted by molar-refractivity contribution is 5.87. The first-order valence-electron chi connectivity index (χ1n) is 5.51. The van der Waals surface area contributed by atoms with Gasteiger partial charge in [-0.2, -0.15) is 0 Å². The Morgan fingerprint density at radius 2 is 2.00 bits per heavy atom. The van der Waals surface area contributed by atoms with E-state index in [4.69, 9.17) is 10.8 Å². The van der Waals surface area contributed by atoms with Crippen molar-refractivity contribution < 1.29 is 14.7 Å². The minimum Gasteiger partial charge on any atom is -0.480 e. The molecule has 0 spiro atoms. The zero-order valence-corrected chi connectivity index (χ0v) is 9.87. The molecule has 1 rings (SSSR count). The number of carboxylic acid groups (broad SMARTS) is 1. The van der Waals surface area contributed by atoms with Crippen LogP contribution in [0.5, 0.6) is 0 Å². The number of hydrogen-bond donors (Lipinski definition) is 3. The minimum atomic E-state index is -1.11. The van der Waals surface area contributed by atoms with Crippen LogP contribution < -0.4 is 11.1 Å². The van der Waals surface area contributed by atoms with Crippen LogP contribution in [0.1, 0.15) is 18.0 Å².